The first kappa shape index (κ1) is 13.8. The first-order valence-electron chi connectivity index (χ1n) is 6.79. The second kappa shape index (κ2) is 6.55. The number of aliphatic hydroxyl groups is 1. The lowest BCUT2D eigenvalue weighted by atomic mass is 10.3. The monoisotopic (exact) mass is 303 g/mol. The Kier molecular flexibility index (Phi) is 4.54. The number of rotatable bonds is 5. The van der Waals surface area contributed by atoms with E-state index in [1.807, 2.05) is 11.3 Å². The van der Waals surface area contributed by atoms with Gasteiger partial charge in [0.2, 0.25) is 0 Å². The number of thiophene rings is 2. The Morgan fingerprint density at radius 1 is 1.25 bits per heavy atom. The molecule has 0 saturated heterocycles. The lowest BCUT2D eigenvalue weighted by molar-refractivity contribution is 0.250. The summed E-state index contributed by atoms with van der Waals surface area (Å²) < 4.78 is 0. The predicted octanol–water partition coefficient (Wildman–Crippen LogP) is 3.32. The van der Waals surface area contributed by atoms with Gasteiger partial charge in [-0.25, -0.2) is 0 Å². The molecule has 1 aliphatic carbocycles. The SMILES string of the molecule is OCC#Cc1csc(CN(Cc2cccs2)C2CC2)c1. The summed E-state index contributed by atoms with van der Waals surface area (Å²) in [6, 6.07) is 7.24. The third-order valence-electron chi connectivity index (χ3n) is 3.33. The van der Waals surface area contributed by atoms with Gasteiger partial charge in [-0.3, -0.25) is 4.90 Å². The topological polar surface area (TPSA) is 23.5 Å². The minimum absolute atomic E-state index is 0.0717. The average molecular weight is 303 g/mol. The second-order valence-corrected chi connectivity index (χ2v) is 7.01. The van der Waals surface area contributed by atoms with E-state index in [0.717, 1.165) is 24.7 Å². The van der Waals surface area contributed by atoms with Crippen LogP contribution in [0.3, 0.4) is 0 Å². The Bertz CT molecular complexity index is 602. The predicted molar refractivity (Wildman–Crippen MR) is 84.9 cm³/mol. The van der Waals surface area contributed by atoms with Gasteiger partial charge in [0.15, 0.2) is 0 Å². The molecular formula is C16H17NOS2. The molecule has 0 atom stereocenters. The van der Waals surface area contributed by atoms with Crippen molar-refractivity contribution in [3.05, 3.63) is 44.3 Å². The summed E-state index contributed by atoms with van der Waals surface area (Å²) in [5.41, 5.74) is 1.02. The molecular weight excluding hydrogens is 286 g/mol. The molecule has 0 amide bonds. The van der Waals surface area contributed by atoms with Crippen LogP contribution in [0.2, 0.25) is 0 Å². The van der Waals surface area contributed by atoms with E-state index >= 15 is 0 Å². The molecule has 3 rings (SSSR count). The molecule has 0 bridgehead atoms. The third kappa shape index (κ3) is 3.71. The minimum atomic E-state index is -0.0717. The summed E-state index contributed by atoms with van der Waals surface area (Å²) >= 11 is 3.60. The van der Waals surface area contributed by atoms with Crippen LogP contribution in [-0.2, 0) is 13.1 Å². The van der Waals surface area contributed by atoms with E-state index in [9.17, 15) is 0 Å². The smallest absolute Gasteiger partial charge is 0.104 e. The summed E-state index contributed by atoms with van der Waals surface area (Å²) in [7, 11) is 0. The van der Waals surface area contributed by atoms with E-state index in [2.05, 4.69) is 45.7 Å². The van der Waals surface area contributed by atoms with Crippen molar-refractivity contribution in [2.75, 3.05) is 6.61 Å². The van der Waals surface area contributed by atoms with Gasteiger partial charge in [-0.05, 0) is 30.4 Å². The van der Waals surface area contributed by atoms with Gasteiger partial charge in [-0.2, -0.15) is 0 Å². The van der Waals surface area contributed by atoms with Gasteiger partial charge < -0.3 is 5.11 Å². The van der Waals surface area contributed by atoms with Gasteiger partial charge in [-0.1, -0.05) is 17.9 Å². The van der Waals surface area contributed by atoms with Gasteiger partial charge in [0.1, 0.15) is 6.61 Å². The first-order chi connectivity index (χ1) is 9.85. The van der Waals surface area contributed by atoms with E-state index in [1.165, 1.54) is 22.6 Å². The van der Waals surface area contributed by atoms with Crippen molar-refractivity contribution < 1.29 is 5.11 Å². The number of hydrogen-bond donors (Lipinski definition) is 1. The van der Waals surface area contributed by atoms with Gasteiger partial charge in [0, 0.05) is 39.8 Å². The molecule has 20 heavy (non-hydrogen) atoms. The largest absolute Gasteiger partial charge is 0.384 e. The molecule has 1 N–H and O–H groups in total. The fourth-order valence-electron chi connectivity index (χ4n) is 2.23. The molecule has 2 aromatic rings. The molecule has 1 saturated carbocycles. The van der Waals surface area contributed by atoms with Crippen molar-refractivity contribution in [3.8, 4) is 11.8 Å². The molecule has 2 nitrogen and oxygen atoms in total. The Balaban J connectivity index is 1.65. The maximum absolute atomic E-state index is 8.73. The highest BCUT2D eigenvalue weighted by Crippen LogP contribution is 2.31. The molecule has 2 heterocycles. The molecule has 1 aliphatic rings. The summed E-state index contributed by atoms with van der Waals surface area (Å²) in [5.74, 6) is 5.68. The zero-order valence-electron chi connectivity index (χ0n) is 11.2. The summed E-state index contributed by atoms with van der Waals surface area (Å²) in [6.07, 6.45) is 2.65. The highest BCUT2D eigenvalue weighted by atomic mass is 32.1. The van der Waals surface area contributed by atoms with E-state index < -0.39 is 0 Å². The van der Waals surface area contributed by atoms with Crippen LogP contribution in [0.4, 0.5) is 0 Å². The summed E-state index contributed by atoms with van der Waals surface area (Å²) in [6.45, 7) is 1.99. The van der Waals surface area contributed by atoms with Gasteiger partial charge in [0.25, 0.3) is 0 Å². The first-order valence-corrected chi connectivity index (χ1v) is 8.54. The Hall–Kier alpha value is -1.12. The molecule has 0 radical (unpaired) electrons. The van der Waals surface area contributed by atoms with Crippen molar-refractivity contribution in [3.63, 3.8) is 0 Å². The summed E-state index contributed by atoms with van der Waals surface area (Å²) in [5, 5.41) is 13.0. The fourth-order valence-corrected chi connectivity index (χ4v) is 3.80. The van der Waals surface area contributed by atoms with Crippen LogP contribution >= 0.6 is 22.7 Å². The number of nitrogens with zero attached hydrogens (tertiary/aromatic N) is 1. The van der Waals surface area contributed by atoms with Crippen molar-refractivity contribution in [1.29, 1.82) is 0 Å². The van der Waals surface area contributed by atoms with Crippen LogP contribution in [0.5, 0.6) is 0 Å². The molecule has 4 heteroatoms. The fraction of sp³-hybridized carbons (Fsp3) is 0.375. The number of aliphatic hydroxyl groups excluding tert-OH is 1. The minimum Gasteiger partial charge on any atom is -0.384 e. The molecule has 2 aromatic heterocycles. The van der Waals surface area contributed by atoms with Crippen molar-refractivity contribution in [2.45, 2.75) is 32.0 Å². The Morgan fingerprint density at radius 3 is 2.80 bits per heavy atom. The lowest BCUT2D eigenvalue weighted by Crippen LogP contribution is -2.24. The van der Waals surface area contributed by atoms with E-state index in [0.29, 0.717) is 0 Å². The lowest BCUT2D eigenvalue weighted by Gasteiger charge is -2.20. The highest BCUT2D eigenvalue weighted by Gasteiger charge is 2.29. The molecule has 104 valence electrons. The molecule has 1 fully saturated rings. The zero-order valence-corrected chi connectivity index (χ0v) is 12.8. The standard InChI is InChI=1S/C16H17NOS2/c18-7-1-3-13-9-16(20-12-13)11-17(14-5-6-14)10-15-4-2-8-19-15/h2,4,8-9,12,14,18H,5-7,10-11H2. The summed E-state index contributed by atoms with van der Waals surface area (Å²) in [4.78, 5) is 5.37. The van der Waals surface area contributed by atoms with Crippen LogP contribution < -0.4 is 0 Å². The average Bonchev–Trinajstić information content (AvgIpc) is 3.00. The van der Waals surface area contributed by atoms with Crippen molar-refractivity contribution >= 4 is 22.7 Å². The van der Waals surface area contributed by atoms with Crippen LogP contribution in [0.1, 0.15) is 28.2 Å². The van der Waals surface area contributed by atoms with Gasteiger partial charge >= 0.3 is 0 Å². The molecule has 0 aromatic carbocycles. The van der Waals surface area contributed by atoms with Crippen LogP contribution in [0, 0.1) is 11.8 Å². The molecule has 0 spiro atoms. The van der Waals surface area contributed by atoms with Gasteiger partial charge in [-0.15, -0.1) is 22.7 Å². The van der Waals surface area contributed by atoms with E-state index in [4.69, 9.17) is 5.11 Å². The zero-order chi connectivity index (χ0) is 13.8. The Labute approximate surface area is 127 Å². The third-order valence-corrected chi connectivity index (χ3v) is 5.11. The second-order valence-electron chi connectivity index (χ2n) is 4.98. The van der Waals surface area contributed by atoms with Crippen LogP contribution in [-0.4, -0.2) is 22.7 Å². The van der Waals surface area contributed by atoms with Crippen molar-refractivity contribution in [1.82, 2.24) is 4.90 Å². The molecule has 0 unspecified atom stereocenters. The quantitative estimate of drug-likeness (QED) is 0.857. The van der Waals surface area contributed by atoms with E-state index in [-0.39, 0.29) is 6.61 Å². The van der Waals surface area contributed by atoms with Crippen molar-refractivity contribution in [2.24, 2.45) is 0 Å². The van der Waals surface area contributed by atoms with Crippen LogP contribution in [0.25, 0.3) is 0 Å². The van der Waals surface area contributed by atoms with Gasteiger partial charge in [0.05, 0.1) is 0 Å². The maximum Gasteiger partial charge on any atom is 0.104 e. The maximum atomic E-state index is 8.73. The normalized spacial score (nSPS) is 14.3. The number of hydrogen-bond acceptors (Lipinski definition) is 4. The van der Waals surface area contributed by atoms with E-state index in [1.54, 1.807) is 11.3 Å². The molecule has 0 aliphatic heterocycles. The Morgan fingerprint density at radius 2 is 2.10 bits per heavy atom. The highest BCUT2D eigenvalue weighted by molar-refractivity contribution is 7.10. The van der Waals surface area contributed by atoms with Crippen LogP contribution in [0.15, 0.2) is 29.0 Å².